The topological polar surface area (TPSA) is 75.3 Å². The number of halogens is 1. The van der Waals surface area contributed by atoms with Gasteiger partial charge < -0.3 is 5.32 Å². The van der Waals surface area contributed by atoms with Gasteiger partial charge in [-0.05, 0) is 24.6 Å². The Hall–Kier alpha value is -1.27. The molecule has 1 rings (SSSR count). The third kappa shape index (κ3) is 5.79. The smallest absolute Gasteiger partial charge is 0.232 e. The summed E-state index contributed by atoms with van der Waals surface area (Å²) in [7, 11) is -3.41. The molecule has 0 aliphatic heterocycles. The van der Waals surface area contributed by atoms with Crippen molar-refractivity contribution >= 4 is 38.9 Å². The van der Waals surface area contributed by atoms with Gasteiger partial charge in [-0.15, -0.1) is 11.6 Å². The number of rotatable bonds is 7. The lowest BCUT2D eigenvalue weighted by molar-refractivity contribution is -0.118. The zero-order chi connectivity index (χ0) is 15.2. The zero-order valence-corrected chi connectivity index (χ0v) is 13.1. The molecule has 0 spiro atoms. The number of amides is 1. The van der Waals surface area contributed by atoms with Gasteiger partial charge in [-0.3, -0.25) is 9.52 Å². The Labute approximate surface area is 124 Å². The first-order valence-corrected chi connectivity index (χ1v) is 8.50. The summed E-state index contributed by atoms with van der Waals surface area (Å²) in [5, 5.41) is 2.72. The highest BCUT2D eigenvalue weighted by molar-refractivity contribution is 7.92. The van der Waals surface area contributed by atoms with E-state index < -0.39 is 10.0 Å². The van der Waals surface area contributed by atoms with Gasteiger partial charge >= 0.3 is 0 Å². The third-order valence-electron chi connectivity index (χ3n) is 2.47. The fourth-order valence-corrected chi connectivity index (χ4v) is 2.83. The number of hydrogen-bond donors (Lipinski definition) is 2. The molecular formula is C13H19ClN2O3S. The maximum Gasteiger partial charge on any atom is 0.232 e. The van der Waals surface area contributed by atoms with E-state index in [1.54, 1.807) is 38.1 Å². The molecule has 0 radical (unpaired) electrons. The van der Waals surface area contributed by atoms with Crippen molar-refractivity contribution in [1.82, 2.24) is 0 Å². The molecule has 20 heavy (non-hydrogen) atoms. The standard InChI is InChI=1S/C13H19ClN2O3S/c1-10(2)13(17)15-11-5-3-6-12(9-11)16-20(18,19)8-4-7-14/h3,5-6,9-10,16H,4,7-8H2,1-2H3,(H,15,17). The Morgan fingerprint density at radius 1 is 1.30 bits per heavy atom. The van der Waals surface area contributed by atoms with E-state index in [2.05, 4.69) is 10.0 Å². The van der Waals surface area contributed by atoms with Gasteiger partial charge in [-0.2, -0.15) is 0 Å². The first-order chi connectivity index (χ1) is 9.34. The number of anilines is 2. The summed E-state index contributed by atoms with van der Waals surface area (Å²) < 4.78 is 25.9. The Morgan fingerprint density at radius 2 is 1.95 bits per heavy atom. The molecule has 0 fully saturated rings. The maximum atomic E-state index is 11.7. The van der Waals surface area contributed by atoms with Crippen LogP contribution in [-0.2, 0) is 14.8 Å². The third-order valence-corrected chi connectivity index (χ3v) is 4.11. The van der Waals surface area contributed by atoms with Gasteiger partial charge in [0.25, 0.3) is 0 Å². The van der Waals surface area contributed by atoms with Crippen LogP contribution in [0.25, 0.3) is 0 Å². The van der Waals surface area contributed by atoms with Crippen LogP contribution < -0.4 is 10.0 Å². The molecule has 0 unspecified atom stereocenters. The molecule has 0 atom stereocenters. The second-order valence-electron chi connectivity index (χ2n) is 4.69. The Bertz CT molecular complexity index is 558. The van der Waals surface area contributed by atoms with Crippen molar-refractivity contribution in [3.05, 3.63) is 24.3 Å². The number of carbonyl (C=O) groups is 1. The lowest BCUT2D eigenvalue weighted by atomic mass is 10.2. The minimum atomic E-state index is -3.41. The van der Waals surface area contributed by atoms with Gasteiger partial charge in [0, 0.05) is 17.5 Å². The van der Waals surface area contributed by atoms with Crippen molar-refractivity contribution in [3.8, 4) is 0 Å². The minimum absolute atomic E-state index is 0.0287. The summed E-state index contributed by atoms with van der Waals surface area (Å²) in [5.41, 5.74) is 0.974. The van der Waals surface area contributed by atoms with E-state index in [4.69, 9.17) is 11.6 Å². The number of nitrogens with one attached hydrogen (secondary N) is 2. The molecule has 0 aromatic heterocycles. The molecule has 5 nitrogen and oxygen atoms in total. The van der Waals surface area contributed by atoms with Crippen LogP contribution in [0.1, 0.15) is 20.3 Å². The van der Waals surface area contributed by atoms with Crippen LogP contribution in [0.4, 0.5) is 11.4 Å². The predicted octanol–water partition coefficient (Wildman–Crippen LogP) is 2.65. The molecule has 7 heteroatoms. The van der Waals surface area contributed by atoms with Crippen LogP contribution >= 0.6 is 11.6 Å². The maximum absolute atomic E-state index is 11.7. The molecule has 0 saturated heterocycles. The quantitative estimate of drug-likeness (QED) is 0.759. The van der Waals surface area contributed by atoms with Crippen molar-refractivity contribution in [1.29, 1.82) is 0 Å². The summed E-state index contributed by atoms with van der Waals surface area (Å²) in [6.07, 6.45) is 0.390. The second kappa shape index (κ2) is 7.50. The molecule has 1 aromatic rings. The van der Waals surface area contributed by atoms with Crippen LogP contribution in [0.5, 0.6) is 0 Å². The van der Waals surface area contributed by atoms with Gasteiger partial charge in [0.1, 0.15) is 0 Å². The van der Waals surface area contributed by atoms with Crippen LogP contribution in [0.3, 0.4) is 0 Å². The Balaban J connectivity index is 2.76. The Morgan fingerprint density at radius 3 is 2.55 bits per heavy atom. The van der Waals surface area contributed by atoms with E-state index in [9.17, 15) is 13.2 Å². The van der Waals surface area contributed by atoms with E-state index in [1.165, 1.54) is 0 Å². The molecule has 0 heterocycles. The first-order valence-electron chi connectivity index (χ1n) is 6.31. The summed E-state index contributed by atoms with van der Waals surface area (Å²) in [4.78, 5) is 11.6. The second-order valence-corrected chi connectivity index (χ2v) is 6.91. The van der Waals surface area contributed by atoms with E-state index in [1.807, 2.05) is 0 Å². The molecule has 112 valence electrons. The molecule has 0 aliphatic carbocycles. The normalized spacial score (nSPS) is 11.4. The van der Waals surface area contributed by atoms with Crippen molar-refractivity contribution in [2.75, 3.05) is 21.7 Å². The fourth-order valence-electron chi connectivity index (χ4n) is 1.42. The van der Waals surface area contributed by atoms with Crippen LogP contribution in [0, 0.1) is 5.92 Å². The number of benzene rings is 1. The fraction of sp³-hybridized carbons (Fsp3) is 0.462. The van der Waals surface area contributed by atoms with Crippen molar-refractivity contribution < 1.29 is 13.2 Å². The molecule has 2 N–H and O–H groups in total. The van der Waals surface area contributed by atoms with E-state index in [-0.39, 0.29) is 17.6 Å². The average Bonchev–Trinajstić information content (AvgIpc) is 2.36. The zero-order valence-electron chi connectivity index (χ0n) is 11.5. The van der Waals surface area contributed by atoms with Gasteiger partial charge in [-0.25, -0.2) is 8.42 Å². The summed E-state index contributed by atoms with van der Waals surface area (Å²) in [5.74, 6) is 0.0102. The molecule has 1 aromatic carbocycles. The summed E-state index contributed by atoms with van der Waals surface area (Å²) in [6, 6.07) is 6.59. The minimum Gasteiger partial charge on any atom is -0.326 e. The van der Waals surface area contributed by atoms with Crippen LogP contribution in [0.2, 0.25) is 0 Å². The first kappa shape index (κ1) is 16.8. The van der Waals surface area contributed by atoms with Crippen molar-refractivity contribution in [2.45, 2.75) is 20.3 Å². The highest BCUT2D eigenvalue weighted by atomic mass is 35.5. The van der Waals surface area contributed by atoms with Crippen LogP contribution in [-0.4, -0.2) is 26.0 Å². The van der Waals surface area contributed by atoms with Gasteiger partial charge in [0.2, 0.25) is 15.9 Å². The van der Waals surface area contributed by atoms with E-state index >= 15 is 0 Å². The molecule has 0 bridgehead atoms. The molecule has 0 aliphatic rings. The lowest BCUT2D eigenvalue weighted by Crippen LogP contribution is -2.19. The largest absolute Gasteiger partial charge is 0.326 e. The van der Waals surface area contributed by atoms with Crippen molar-refractivity contribution in [2.24, 2.45) is 5.92 Å². The highest BCUT2D eigenvalue weighted by Gasteiger charge is 2.11. The number of sulfonamides is 1. The summed E-state index contributed by atoms with van der Waals surface area (Å²) in [6.45, 7) is 3.57. The lowest BCUT2D eigenvalue weighted by Gasteiger charge is -2.11. The SMILES string of the molecule is CC(C)C(=O)Nc1cccc(NS(=O)(=O)CCCCl)c1. The van der Waals surface area contributed by atoms with E-state index in [0.717, 1.165) is 0 Å². The summed E-state index contributed by atoms with van der Waals surface area (Å²) >= 11 is 5.48. The Kier molecular flexibility index (Phi) is 6.29. The van der Waals surface area contributed by atoms with Crippen molar-refractivity contribution in [3.63, 3.8) is 0 Å². The van der Waals surface area contributed by atoms with Gasteiger partial charge in [0.05, 0.1) is 11.4 Å². The molecule has 0 saturated carbocycles. The predicted molar refractivity (Wildman–Crippen MR) is 82.7 cm³/mol. The van der Waals surface area contributed by atoms with Crippen LogP contribution in [0.15, 0.2) is 24.3 Å². The monoisotopic (exact) mass is 318 g/mol. The number of alkyl halides is 1. The number of hydrogen-bond acceptors (Lipinski definition) is 3. The molecule has 1 amide bonds. The van der Waals surface area contributed by atoms with Gasteiger partial charge in [-0.1, -0.05) is 19.9 Å². The number of carbonyl (C=O) groups excluding carboxylic acids is 1. The molecular weight excluding hydrogens is 300 g/mol. The highest BCUT2D eigenvalue weighted by Crippen LogP contribution is 2.17. The average molecular weight is 319 g/mol. The van der Waals surface area contributed by atoms with E-state index in [0.29, 0.717) is 23.7 Å². The van der Waals surface area contributed by atoms with Gasteiger partial charge in [0.15, 0.2) is 0 Å².